The number of alkyl halides is 1. The lowest BCUT2D eigenvalue weighted by molar-refractivity contribution is -0.136. The van der Waals surface area contributed by atoms with Crippen LogP contribution in [0.2, 0.25) is 0 Å². The van der Waals surface area contributed by atoms with Crippen molar-refractivity contribution in [2.45, 2.75) is 38.0 Å². The van der Waals surface area contributed by atoms with E-state index in [1.54, 1.807) is 0 Å². The van der Waals surface area contributed by atoms with Gasteiger partial charge in [-0.2, -0.15) is 0 Å². The highest BCUT2D eigenvalue weighted by Crippen LogP contribution is 2.54. The summed E-state index contributed by atoms with van der Waals surface area (Å²) in [6.45, 7) is 0. The lowest BCUT2D eigenvalue weighted by Gasteiger charge is -2.54. The summed E-state index contributed by atoms with van der Waals surface area (Å²) in [5, 5.41) is 9.76. The predicted octanol–water partition coefficient (Wildman–Crippen LogP) is 1.75. The van der Waals surface area contributed by atoms with E-state index in [1.165, 1.54) is 6.42 Å². The van der Waals surface area contributed by atoms with Crippen molar-refractivity contribution in [3.63, 3.8) is 0 Å². The number of rotatable bonds is 0. The molecule has 6 atom stereocenters. The van der Waals surface area contributed by atoms with E-state index in [2.05, 4.69) is 0 Å². The molecular weight excluding hydrogens is 155 g/mol. The Balaban J connectivity index is 1.93. The van der Waals surface area contributed by atoms with Gasteiger partial charge in [0.25, 0.3) is 0 Å². The predicted molar refractivity (Wildman–Crippen MR) is 43.3 cm³/mol. The molecule has 0 aromatic rings. The molecule has 0 aromatic carbocycles. The summed E-state index contributed by atoms with van der Waals surface area (Å²) in [6, 6.07) is 0. The molecule has 4 aliphatic carbocycles. The minimum atomic E-state index is -0.687. The second-order valence-electron chi connectivity index (χ2n) is 4.93. The second-order valence-corrected chi connectivity index (χ2v) is 4.93. The summed E-state index contributed by atoms with van der Waals surface area (Å²) < 4.78 is 13.6. The molecule has 2 heteroatoms. The highest BCUT2D eigenvalue weighted by molar-refractivity contribution is 5.02. The fraction of sp³-hybridized carbons (Fsp3) is 1.00. The smallest absolute Gasteiger partial charge is 0.108 e. The number of hydrogen-bond donors (Lipinski definition) is 1. The van der Waals surface area contributed by atoms with Gasteiger partial charge < -0.3 is 5.11 Å². The molecule has 4 fully saturated rings. The van der Waals surface area contributed by atoms with Crippen LogP contribution in [-0.2, 0) is 0 Å². The van der Waals surface area contributed by atoms with Crippen LogP contribution in [0.1, 0.15) is 25.7 Å². The SMILES string of the molecule is OC1C2CC3CC(C2)C(F)C1C3. The quantitative estimate of drug-likeness (QED) is 0.587. The maximum Gasteiger partial charge on any atom is 0.108 e. The fourth-order valence-electron chi connectivity index (χ4n) is 3.81. The molecule has 1 N–H and O–H groups in total. The van der Waals surface area contributed by atoms with Crippen molar-refractivity contribution >= 4 is 0 Å². The van der Waals surface area contributed by atoms with Crippen LogP contribution >= 0.6 is 0 Å². The summed E-state index contributed by atoms with van der Waals surface area (Å²) in [5.41, 5.74) is 0. The minimum Gasteiger partial charge on any atom is -0.392 e. The Labute approximate surface area is 72.0 Å². The summed E-state index contributed by atoms with van der Waals surface area (Å²) in [5.74, 6) is 1.49. The van der Waals surface area contributed by atoms with Crippen LogP contribution in [0.4, 0.5) is 4.39 Å². The van der Waals surface area contributed by atoms with Gasteiger partial charge in [0.1, 0.15) is 6.17 Å². The largest absolute Gasteiger partial charge is 0.392 e. The second kappa shape index (κ2) is 2.22. The third-order valence-corrected chi connectivity index (χ3v) is 4.26. The minimum absolute atomic E-state index is 0.00116. The lowest BCUT2D eigenvalue weighted by Crippen LogP contribution is -2.54. The van der Waals surface area contributed by atoms with Crippen molar-refractivity contribution < 1.29 is 9.50 Å². The first-order chi connectivity index (χ1) is 5.75. The summed E-state index contributed by atoms with van der Waals surface area (Å²) in [6.07, 6.45) is 3.17. The molecule has 0 radical (unpaired) electrons. The Hall–Kier alpha value is -0.110. The number of aliphatic hydroxyl groups is 1. The van der Waals surface area contributed by atoms with Gasteiger partial charge in [-0.05, 0) is 43.4 Å². The number of aliphatic hydroxyl groups excluding tert-OH is 1. The van der Waals surface area contributed by atoms with E-state index in [9.17, 15) is 9.50 Å². The van der Waals surface area contributed by atoms with Crippen molar-refractivity contribution in [3.8, 4) is 0 Å². The van der Waals surface area contributed by atoms with Gasteiger partial charge in [-0.1, -0.05) is 0 Å². The molecule has 4 rings (SSSR count). The van der Waals surface area contributed by atoms with E-state index < -0.39 is 6.17 Å². The average molecular weight is 170 g/mol. The molecule has 0 amide bonds. The van der Waals surface area contributed by atoms with E-state index in [1.807, 2.05) is 0 Å². The molecule has 12 heavy (non-hydrogen) atoms. The Kier molecular flexibility index (Phi) is 1.35. The van der Waals surface area contributed by atoms with Gasteiger partial charge in [0.15, 0.2) is 0 Å². The molecule has 6 unspecified atom stereocenters. The van der Waals surface area contributed by atoms with Gasteiger partial charge in [-0.25, -0.2) is 4.39 Å². The van der Waals surface area contributed by atoms with Crippen LogP contribution < -0.4 is 0 Å². The molecule has 4 bridgehead atoms. The maximum atomic E-state index is 13.6. The first-order valence-electron chi connectivity index (χ1n) is 5.08. The van der Waals surface area contributed by atoms with Crippen LogP contribution in [0.3, 0.4) is 0 Å². The van der Waals surface area contributed by atoms with Crippen molar-refractivity contribution in [2.75, 3.05) is 0 Å². The molecular formula is C10H15FO. The van der Waals surface area contributed by atoms with Crippen molar-refractivity contribution in [2.24, 2.45) is 23.7 Å². The molecule has 4 aliphatic rings. The summed E-state index contributed by atoms with van der Waals surface area (Å²) in [4.78, 5) is 0. The average Bonchev–Trinajstić information content (AvgIpc) is 2.07. The van der Waals surface area contributed by atoms with E-state index in [0.717, 1.165) is 25.2 Å². The van der Waals surface area contributed by atoms with Crippen LogP contribution in [0.15, 0.2) is 0 Å². The van der Waals surface area contributed by atoms with E-state index in [-0.39, 0.29) is 12.0 Å². The topological polar surface area (TPSA) is 20.2 Å². The van der Waals surface area contributed by atoms with Gasteiger partial charge in [-0.15, -0.1) is 0 Å². The molecule has 0 aromatic heterocycles. The summed E-state index contributed by atoms with van der Waals surface area (Å²) >= 11 is 0. The Bertz CT molecular complexity index is 188. The fourth-order valence-corrected chi connectivity index (χ4v) is 3.81. The first kappa shape index (κ1) is 7.31. The molecule has 68 valence electrons. The van der Waals surface area contributed by atoms with E-state index in [0.29, 0.717) is 11.8 Å². The normalized spacial score (nSPS) is 62.5. The first-order valence-corrected chi connectivity index (χ1v) is 5.08. The van der Waals surface area contributed by atoms with Gasteiger partial charge in [0, 0.05) is 5.92 Å². The molecule has 0 aliphatic heterocycles. The molecule has 0 saturated heterocycles. The third kappa shape index (κ3) is 0.769. The van der Waals surface area contributed by atoms with E-state index >= 15 is 0 Å². The lowest BCUT2D eigenvalue weighted by atomic mass is 9.54. The van der Waals surface area contributed by atoms with Crippen molar-refractivity contribution in [1.82, 2.24) is 0 Å². The van der Waals surface area contributed by atoms with Crippen molar-refractivity contribution in [1.29, 1.82) is 0 Å². The highest BCUT2D eigenvalue weighted by Gasteiger charge is 2.53. The van der Waals surface area contributed by atoms with Crippen LogP contribution in [0, 0.1) is 23.7 Å². The van der Waals surface area contributed by atoms with Gasteiger partial charge in [-0.3, -0.25) is 0 Å². The summed E-state index contributed by atoms with van der Waals surface area (Å²) in [7, 11) is 0. The monoisotopic (exact) mass is 170 g/mol. The third-order valence-electron chi connectivity index (χ3n) is 4.26. The van der Waals surface area contributed by atoms with Crippen molar-refractivity contribution in [3.05, 3.63) is 0 Å². The zero-order chi connectivity index (χ0) is 8.29. The Morgan fingerprint density at radius 3 is 2.58 bits per heavy atom. The molecule has 0 spiro atoms. The van der Waals surface area contributed by atoms with E-state index in [4.69, 9.17) is 0 Å². The zero-order valence-electron chi connectivity index (χ0n) is 7.12. The van der Waals surface area contributed by atoms with Gasteiger partial charge in [0.05, 0.1) is 6.10 Å². The maximum absolute atomic E-state index is 13.6. The standard InChI is InChI=1S/C10H15FO/c11-9-6-1-5-2-7(4-6)10(12)8(9)3-5/h5-10,12H,1-4H2. The molecule has 1 nitrogen and oxygen atoms in total. The molecule has 4 saturated carbocycles. The van der Waals surface area contributed by atoms with Crippen LogP contribution in [0.5, 0.6) is 0 Å². The Morgan fingerprint density at radius 2 is 1.75 bits per heavy atom. The Morgan fingerprint density at radius 1 is 1.00 bits per heavy atom. The van der Waals surface area contributed by atoms with Gasteiger partial charge in [0.2, 0.25) is 0 Å². The highest BCUT2D eigenvalue weighted by atomic mass is 19.1. The zero-order valence-corrected chi connectivity index (χ0v) is 7.12. The van der Waals surface area contributed by atoms with Crippen LogP contribution in [0.25, 0.3) is 0 Å². The number of halogens is 1. The van der Waals surface area contributed by atoms with Crippen LogP contribution in [-0.4, -0.2) is 17.4 Å². The van der Waals surface area contributed by atoms with Gasteiger partial charge >= 0.3 is 0 Å². The number of hydrogen-bond acceptors (Lipinski definition) is 1. The molecule has 0 heterocycles.